The molecular weight excluding hydrogens is 382 g/mol. The first kappa shape index (κ1) is 19.1. The molecule has 4 rings (SSSR count). The van der Waals surface area contributed by atoms with Crippen molar-refractivity contribution in [3.63, 3.8) is 0 Å². The topological polar surface area (TPSA) is 127 Å². The van der Waals surface area contributed by atoms with Crippen molar-refractivity contribution in [1.29, 1.82) is 0 Å². The molecule has 1 amide bonds. The Morgan fingerprint density at radius 1 is 1.43 bits per heavy atom. The number of carbonyl (C=O) groups excluding carboxylic acids is 1. The van der Waals surface area contributed by atoms with Crippen molar-refractivity contribution < 1.29 is 17.9 Å². The molecule has 0 radical (unpaired) electrons. The number of sulfonamides is 1. The molecule has 2 fully saturated rings. The first-order valence-corrected chi connectivity index (χ1v) is 11.2. The Labute approximate surface area is 164 Å². The molecule has 1 saturated carbocycles. The van der Waals surface area contributed by atoms with Crippen LogP contribution in [0, 0.1) is 5.41 Å². The maximum atomic E-state index is 13.1. The molecule has 1 saturated heterocycles. The second-order valence-corrected chi connectivity index (χ2v) is 9.36. The molecule has 1 aromatic rings. The lowest BCUT2D eigenvalue weighted by Crippen LogP contribution is -2.36. The minimum absolute atomic E-state index is 0.0764. The zero-order valence-corrected chi connectivity index (χ0v) is 16.7. The molecule has 10 heteroatoms. The smallest absolute Gasteiger partial charge is 0.272 e. The summed E-state index contributed by atoms with van der Waals surface area (Å²) in [5.74, 6) is -0.267. The SMILES string of the molecule is CCCc1c(C2NN=CO2)cc(C(=O)N2CCC3(CCC3)C2)nc1S(N)(=O)=O. The van der Waals surface area contributed by atoms with Gasteiger partial charge in [-0.1, -0.05) is 19.8 Å². The highest BCUT2D eigenvalue weighted by Crippen LogP contribution is 2.48. The molecule has 2 aliphatic heterocycles. The number of hydrazone groups is 1. The molecule has 152 valence electrons. The lowest BCUT2D eigenvalue weighted by molar-refractivity contribution is 0.0725. The van der Waals surface area contributed by atoms with Crippen LogP contribution in [0.3, 0.4) is 0 Å². The molecule has 28 heavy (non-hydrogen) atoms. The Hall–Kier alpha value is -2.20. The number of nitrogens with two attached hydrogens (primary N) is 1. The van der Waals surface area contributed by atoms with Gasteiger partial charge in [-0.05, 0) is 42.7 Å². The maximum absolute atomic E-state index is 13.1. The molecule has 9 nitrogen and oxygen atoms in total. The highest BCUT2D eigenvalue weighted by atomic mass is 32.2. The van der Waals surface area contributed by atoms with Crippen LogP contribution in [0.25, 0.3) is 0 Å². The largest absolute Gasteiger partial charge is 0.453 e. The molecule has 3 aliphatic rings. The van der Waals surface area contributed by atoms with Crippen molar-refractivity contribution in [3.8, 4) is 0 Å². The zero-order chi connectivity index (χ0) is 19.9. The van der Waals surface area contributed by atoms with E-state index in [9.17, 15) is 13.2 Å². The number of amides is 1. The number of ether oxygens (including phenoxy) is 1. The summed E-state index contributed by atoms with van der Waals surface area (Å²) in [5, 5.41) is 9.02. The second kappa shape index (κ2) is 7.00. The van der Waals surface area contributed by atoms with E-state index in [4.69, 9.17) is 9.88 Å². The minimum atomic E-state index is -4.11. The predicted octanol–water partition coefficient (Wildman–Crippen LogP) is 1.26. The normalized spacial score (nSPS) is 22.8. The monoisotopic (exact) mass is 407 g/mol. The van der Waals surface area contributed by atoms with Gasteiger partial charge in [0.25, 0.3) is 15.9 Å². The van der Waals surface area contributed by atoms with Crippen LogP contribution < -0.4 is 10.6 Å². The fraction of sp³-hybridized carbons (Fsp3) is 0.611. The van der Waals surface area contributed by atoms with Gasteiger partial charge in [-0.25, -0.2) is 18.5 Å². The summed E-state index contributed by atoms with van der Waals surface area (Å²) in [6.45, 7) is 3.29. The van der Waals surface area contributed by atoms with E-state index in [0.717, 1.165) is 19.3 Å². The molecule has 1 spiro atoms. The van der Waals surface area contributed by atoms with Crippen LogP contribution in [-0.4, -0.2) is 43.7 Å². The van der Waals surface area contributed by atoms with Crippen molar-refractivity contribution in [3.05, 3.63) is 22.9 Å². The van der Waals surface area contributed by atoms with Gasteiger partial charge in [0.05, 0.1) is 0 Å². The summed E-state index contributed by atoms with van der Waals surface area (Å²) < 4.78 is 29.9. The summed E-state index contributed by atoms with van der Waals surface area (Å²) in [5.41, 5.74) is 4.08. The average Bonchev–Trinajstić information content (AvgIpc) is 3.30. The van der Waals surface area contributed by atoms with Crippen molar-refractivity contribution in [2.75, 3.05) is 13.1 Å². The van der Waals surface area contributed by atoms with Crippen LogP contribution in [0.15, 0.2) is 16.2 Å². The fourth-order valence-corrected chi connectivity index (χ4v) is 5.15. The quantitative estimate of drug-likeness (QED) is 0.756. The van der Waals surface area contributed by atoms with Gasteiger partial charge < -0.3 is 9.64 Å². The lowest BCUT2D eigenvalue weighted by atomic mass is 9.68. The molecule has 0 aromatic carbocycles. The second-order valence-electron chi connectivity index (χ2n) is 7.89. The van der Waals surface area contributed by atoms with E-state index >= 15 is 0 Å². The standard InChI is InChI=1S/C18H25N5O4S/c1-2-4-12-13(15-22-20-11-27-15)9-14(21-16(12)28(19,25)26)17(24)23-8-7-18(10-23)5-3-6-18/h9,11,15,22H,2-8,10H2,1H3,(H2,19,25,26). The summed E-state index contributed by atoms with van der Waals surface area (Å²) in [7, 11) is -4.11. The number of likely N-dealkylation sites (tertiary alicyclic amines) is 1. The zero-order valence-electron chi connectivity index (χ0n) is 15.8. The third-order valence-electron chi connectivity index (χ3n) is 5.97. The van der Waals surface area contributed by atoms with Crippen LogP contribution in [0.5, 0.6) is 0 Å². The Balaban J connectivity index is 1.74. The van der Waals surface area contributed by atoms with Crippen LogP contribution in [-0.2, 0) is 21.2 Å². The number of rotatable bonds is 5. The van der Waals surface area contributed by atoms with Gasteiger partial charge in [-0.3, -0.25) is 10.2 Å². The van der Waals surface area contributed by atoms with Gasteiger partial charge >= 0.3 is 0 Å². The summed E-state index contributed by atoms with van der Waals surface area (Å²) in [6.07, 6.45) is 6.19. The number of primary sulfonamides is 1. The number of aromatic nitrogens is 1. The molecule has 1 unspecified atom stereocenters. The molecule has 3 heterocycles. The molecule has 1 aromatic heterocycles. The summed E-state index contributed by atoms with van der Waals surface area (Å²) in [4.78, 5) is 19.1. The van der Waals surface area contributed by atoms with E-state index in [1.165, 1.54) is 12.8 Å². The first-order chi connectivity index (χ1) is 13.3. The van der Waals surface area contributed by atoms with E-state index in [-0.39, 0.29) is 22.0 Å². The van der Waals surface area contributed by atoms with Gasteiger partial charge in [-0.15, -0.1) is 5.10 Å². The Kier molecular flexibility index (Phi) is 4.78. The van der Waals surface area contributed by atoms with E-state index in [0.29, 0.717) is 37.1 Å². The molecule has 1 aliphatic carbocycles. The molecule has 3 N–H and O–H groups in total. The molecule has 0 bridgehead atoms. The van der Waals surface area contributed by atoms with Crippen molar-refractivity contribution in [2.45, 2.75) is 56.7 Å². The van der Waals surface area contributed by atoms with Gasteiger partial charge in [0.15, 0.2) is 11.4 Å². The minimum Gasteiger partial charge on any atom is -0.453 e. The third-order valence-corrected chi connectivity index (χ3v) is 6.85. The predicted molar refractivity (Wildman–Crippen MR) is 102 cm³/mol. The van der Waals surface area contributed by atoms with E-state index in [1.807, 2.05) is 6.92 Å². The Morgan fingerprint density at radius 3 is 2.75 bits per heavy atom. The fourth-order valence-electron chi connectivity index (χ4n) is 4.37. The van der Waals surface area contributed by atoms with Gasteiger partial charge in [0, 0.05) is 18.7 Å². The Morgan fingerprint density at radius 2 is 2.21 bits per heavy atom. The number of hydrogen-bond acceptors (Lipinski definition) is 7. The van der Waals surface area contributed by atoms with E-state index in [2.05, 4.69) is 15.5 Å². The third kappa shape index (κ3) is 3.35. The number of nitrogens with one attached hydrogen (secondary N) is 1. The summed E-state index contributed by atoms with van der Waals surface area (Å²) >= 11 is 0. The van der Waals surface area contributed by atoms with Gasteiger partial charge in [-0.2, -0.15) is 0 Å². The van der Waals surface area contributed by atoms with Crippen LogP contribution in [0.4, 0.5) is 0 Å². The van der Waals surface area contributed by atoms with Crippen LogP contribution >= 0.6 is 0 Å². The van der Waals surface area contributed by atoms with Crippen LogP contribution in [0.1, 0.15) is 66.9 Å². The van der Waals surface area contributed by atoms with Crippen molar-refractivity contribution in [2.24, 2.45) is 15.7 Å². The highest BCUT2D eigenvalue weighted by Gasteiger charge is 2.44. The van der Waals surface area contributed by atoms with Gasteiger partial charge in [0.2, 0.25) is 6.23 Å². The Bertz CT molecular complexity index is 918. The van der Waals surface area contributed by atoms with Gasteiger partial charge in [0.1, 0.15) is 5.69 Å². The summed E-state index contributed by atoms with van der Waals surface area (Å²) in [6, 6.07) is 1.61. The molecular formula is C18H25N5O4S. The van der Waals surface area contributed by atoms with E-state index in [1.54, 1.807) is 11.0 Å². The molecule has 1 atom stereocenters. The number of hydrogen-bond donors (Lipinski definition) is 2. The maximum Gasteiger partial charge on any atom is 0.272 e. The number of carbonyl (C=O) groups is 1. The van der Waals surface area contributed by atoms with E-state index < -0.39 is 16.3 Å². The number of nitrogens with zero attached hydrogens (tertiary/aromatic N) is 3. The lowest BCUT2D eigenvalue weighted by Gasteiger charge is -2.37. The average molecular weight is 407 g/mol. The van der Waals surface area contributed by atoms with Crippen LogP contribution in [0.2, 0.25) is 0 Å². The number of pyridine rings is 1. The van der Waals surface area contributed by atoms with Crippen molar-refractivity contribution in [1.82, 2.24) is 15.3 Å². The first-order valence-electron chi connectivity index (χ1n) is 9.61. The van der Waals surface area contributed by atoms with Crippen molar-refractivity contribution >= 4 is 22.3 Å². The highest BCUT2D eigenvalue weighted by molar-refractivity contribution is 7.89.